The van der Waals surface area contributed by atoms with E-state index in [1.54, 1.807) is 0 Å². The molecule has 1 amide bonds. The zero-order valence-corrected chi connectivity index (χ0v) is 9.31. The third-order valence-electron chi connectivity index (χ3n) is 2.04. The second-order valence-corrected chi connectivity index (χ2v) is 5.47. The first-order valence-corrected chi connectivity index (χ1v) is 6.46. The molecule has 5 heteroatoms. The molecular formula is C9H18N2O2S. The summed E-state index contributed by atoms with van der Waals surface area (Å²) >= 11 is 0. The molecule has 0 heterocycles. The third-order valence-corrected chi connectivity index (χ3v) is 3.31. The average molecular weight is 218 g/mol. The summed E-state index contributed by atoms with van der Waals surface area (Å²) < 4.78 is 11.4. The standard InChI is InChI=1S/C9H18N2O2S/c1-7(10)4-5-14(13)6-9(12)11-8-2-3-8/h7-8H,2-6,10H2,1H3,(H,11,12). The molecule has 0 aromatic rings. The number of nitrogens with two attached hydrogens (primary N) is 1. The molecule has 1 fully saturated rings. The highest BCUT2D eigenvalue weighted by molar-refractivity contribution is 7.85. The van der Waals surface area contributed by atoms with E-state index in [9.17, 15) is 9.00 Å². The van der Waals surface area contributed by atoms with E-state index in [1.165, 1.54) is 0 Å². The van der Waals surface area contributed by atoms with Crippen molar-refractivity contribution in [2.45, 2.75) is 38.3 Å². The Bertz CT molecular complexity index is 227. The topological polar surface area (TPSA) is 72.2 Å². The Kier molecular flexibility index (Phi) is 4.54. The Morgan fingerprint density at radius 1 is 1.64 bits per heavy atom. The van der Waals surface area contributed by atoms with E-state index in [2.05, 4.69) is 5.32 Å². The highest BCUT2D eigenvalue weighted by Gasteiger charge is 2.23. The van der Waals surface area contributed by atoms with E-state index < -0.39 is 10.8 Å². The molecule has 1 aliphatic carbocycles. The van der Waals surface area contributed by atoms with E-state index in [0.717, 1.165) is 12.8 Å². The van der Waals surface area contributed by atoms with Crippen LogP contribution < -0.4 is 11.1 Å². The van der Waals surface area contributed by atoms with Crippen molar-refractivity contribution in [1.82, 2.24) is 5.32 Å². The molecule has 1 rings (SSSR count). The van der Waals surface area contributed by atoms with Gasteiger partial charge >= 0.3 is 0 Å². The van der Waals surface area contributed by atoms with Crippen molar-refractivity contribution in [3.8, 4) is 0 Å². The van der Waals surface area contributed by atoms with E-state index in [4.69, 9.17) is 5.73 Å². The lowest BCUT2D eigenvalue weighted by Crippen LogP contribution is -2.31. The van der Waals surface area contributed by atoms with Gasteiger partial charge in [0.25, 0.3) is 0 Å². The maximum absolute atomic E-state index is 11.4. The molecule has 2 unspecified atom stereocenters. The minimum atomic E-state index is -1.05. The van der Waals surface area contributed by atoms with Crippen molar-refractivity contribution in [3.05, 3.63) is 0 Å². The molecule has 0 bridgehead atoms. The smallest absolute Gasteiger partial charge is 0.232 e. The minimum absolute atomic E-state index is 0.0606. The lowest BCUT2D eigenvalue weighted by molar-refractivity contribution is -0.118. The largest absolute Gasteiger partial charge is 0.353 e. The first kappa shape index (κ1) is 11.7. The van der Waals surface area contributed by atoms with Crippen molar-refractivity contribution in [2.24, 2.45) is 5.73 Å². The SMILES string of the molecule is CC(N)CCS(=O)CC(=O)NC1CC1. The second-order valence-electron chi connectivity index (χ2n) is 3.90. The third kappa shape index (κ3) is 5.34. The van der Waals surface area contributed by atoms with Gasteiger partial charge in [0.1, 0.15) is 5.75 Å². The number of nitrogens with one attached hydrogen (secondary N) is 1. The molecule has 1 aliphatic rings. The number of carbonyl (C=O) groups is 1. The van der Waals surface area contributed by atoms with Gasteiger partial charge in [-0.05, 0) is 26.2 Å². The van der Waals surface area contributed by atoms with Crippen LogP contribution in [0.3, 0.4) is 0 Å². The van der Waals surface area contributed by atoms with E-state index in [-0.39, 0.29) is 17.7 Å². The van der Waals surface area contributed by atoms with Crippen molar-refractivity contribution in [2.75, 3.05) is 11.5 Å². The molecule has 14 heavy (non-hydrogen) atoms. The van der Waals surface area contributed by atoms with Crippen LogP contribution in [0.15, 0.2) is 0 Å². The number of hydrogen-bond acceptors (Lipinski definition) is 3. The summed E-state index contributed by atoms with van der Waals surface area (Å²) in [6, 6.07) is 0.415. The first-order chi connectivity index (χ1) is 6.58. The molecule has 0 radical (unpaired) electrons. The normalized spacial score (nSPS) is 20.1. The van der Waals surface area contributed by atoms with Gasteiger partial charge < -0.3 is 11.1 Å². The van der Waals surface area contributed by atoms with Gasteiger partial charge in [-0.1, -0.05) is 0 Å². The van der Waals surface area contributed by atoms with Crippen molar-refractivity contribution in [3.63, 3.8) is 0 Å². The summed E-state index contributed by atoms with van der Waals surface area (Å²) in [7, 11) is -1.05. The highest BCUT2D eigenvalue weighted by Crippen LogP contribution is 2.18. The summed E-state index contributed by atoms with van der Waals surface area (Å²) in [5.74, 6) is 0.564. The maximum atomic E-state index is 11.4. The molecule has 2 atom stereocenters. The Morgan fingerprint density at radius 2 is 2.29 bits per heavy atom. The molecule has 4 nitrogen and oxygen atoms in total. The Balaban J connectivity index is 2.08. The van der Waals surface area contributed by atoms with Crippen LogP contribution in [0, 0.1) is 0 Å². The van der Waals surface area contributed by atoms with Crippen molar-refractivity contribution < 1.29 is 9.00 Å². The predicted octanol–water partition coefficient (Wildman–Crippen LogP) is -0.249. The molecule has 0 spiro atoms. The van der Waals surface area contributed by atoms with Gasteiger partial charge in [-0.2, -0.15) is 0 Å². The lowest BCUT2D eigenvalue weighted by Gasteiger charge is -2.05. The van der Waals surface area contributed by atoms with E-state index >= 15 is 0 Å². The van der Waals surface area contributed by atoms with Gasteiger partial charge in [-0.25, -0.2) is 0 Å². The fourth-order valence-electron chi connectivity index (χ4n) is 1.03. The molecule has 0 aliphatic heterocycles. The quantitative estimate of drug-likeness (QED) is 0.646. The van der Waals surface area contributed by atoms with Gasteiger partial charge in [0.15, 0.2) is 0 Å². The number of amides is 1. The molecule has 0 aromatic heterocycles. The predicted molar refractivity (Wildman–Crippen MR) is 57.3 cm³/mol. The molecule has 0 saturated heterocycles. The maximum Gasteiger partial charge on any atom is 0.232 e. The van der Waals surface area contributed by atoms with Gasteiger partial charge in [0.05, 0.1) is 0 Å². The Labute approximate surface area is 87.1 Å². The first-order valence-electron chi connectivity index (χ1n) is 4.98. The number of hydrogen-bond donors (Lipinski definition) is 2. The Morgan fingerprint density at radius 3 is 2.79 bits per heavy atom. The van der Waals surface area contributed by atoms with Gasteiger partial charge in [0, 0.05) is 28.6 Å². The van der Waals surface area contributed by atoms with Crippen molar-refractivity contribution in [1.29, 1.82) is 0 Å². The number of rotatable bonds is 6. The molecule has 1 saturated carbocycles. The summed E-state index contributed by atoms with van der Waals surface area (Å²) in [6.45, 7) is 1.88. The lowest BCUT2D eigenvalue weighted by atomic mass is 10.3. The van der Waals surface area contributed by atoms with Gasteiger partial charge in [-0.15, -0.1) is 0 Å². The van der Waals surface area contributed by atoms with Crippen LogP contribution in [0.25, 0.3) is 0 Å². The zero-order chi connectivity index (χ0) is 10.6. The van der Waals surface area contributed by atoms with Crippen LogP contribution in [0.1, 0.15) is 26.2 Å². The van der Waals surface area contributed by atoms with Crippen LogP contribution in [0.4, 0.5) is 0 Å². The van der Waals surface area contributed by atoms with Gasteiger partial charge in [-0.3, -0.25) is 9.00 Å². The summed E-state index contributed by atoms with van der Waals surface area (Å²) in [5, 5.41) is 2.81. The summed E-state index contributed by atoms with van der Waals surface area (Å²) in [4.78, 5) is 11.2. The molecule has 82 valence electrons. The highest BCUT2D eigenvalue weighted by atomic mass is 32.2. The zero-order valence-electron chi connectivity index (χ0n) is 8.49. The number of carbonyl (C=O) groups excluding carboxylic acids is 1. The second kappa shape index (κ2) is 5.46. The van der Waals surface area contributed by atoms with Crippen LogP contribution in [0.5, 0.6) is 0 Å². The van der Waals surface area contributed by atoms with Crippen LogP contribution in [-0.4, -0.2) is 33.7 Å². The van der Waals surface area contributed by atoms with Gasteiger partial charge in [0.2, 0.25) is 5.91 Å². The molecule has 3 N–H and O–H groups in total. The monoisotopic (exact) mass is 218 g/mol. The van der Waals surface area contributed by atoms with E-state index in [1.807, 2.05) is 6.92 Å². The minimum Gasteiger partial charge on any atom is -0.353 e. The summed E-state index contributed by atoms with van der Waals surface area (Å²) in [6.07, 6.45) is 2.85. The van der Waals surface area contributed by atoms with Crippen LogP contribution >= 0.6 is 0 Å². The fraction of sp³-hybridized carbons (Fsp3) is 0.889. The van der Waals surface area contributed by atoms with Crippen LogP contribution in [-0.2, 0) is 15.6 Å². The average Bonchev–Trinajstić information content (AvgIpc) is 2.84. The van der Waals surface area contributed by atoms with Crippen LogP contribution in [0.2, 0.25) is 0 Å². The molecule has 0 aromatic carbocycles. The Hall–Kier alpha value is -0.420. The van der Waals surface area contributed by atoms with Crippen molar-refractivity contribution >= 4 is 16.7 Å². The molecular weight excluding hydrogens is 200 g/mol. The summed E-state index contributed by atoms with van der Waals surface area (Å²) in [5.41, 5.74) is 5.53. The fourth-order valence-corrected chi connectivity index (χ4v) is 2.19. The van der Waals surface area contributed by atoms with E-state index in [0.29, 0.717) is 18.2 Å².